The molecule has 0 fully saturated rings. The Labute approximate surface area is 128 Å². The Morgan fingerprint density at radius 3 is 2.55 bits per heavy atom. The molecule has 0 radical (unpaired) electrons. The number of hydrogen-bond acceptors (Lipinski definition) is 3. The first kappa shape index (κ1) is 16.9. The van der Waals surface area contributed by atoms with Gasteiger partial charge in [-0.3, -0.25) is 4.90 Å². The minimum atomic E-state index is 0.402. The highest BCUT2D eigenvalue weighted by atomic mass is 32.1. The van der Waals surface area contributed by atoms with Gasteiger partial charge in [-0.1, -0.05) is 38.2 Å². The van der Waals surface area contributed by atoms with E-state index in [-0.39, 0.29) is 0 Å². The number of rotatable bonds is 8. The number of benzene rings is 1. The highest BCUT2D eigenvalue weighted by Crippen LogP contribution is 2.13. The molecule has 0 atom stereocenters. The molecule has 4 heteroatoms. The number of ether oxygens (including phenoxy) is 1. The minimum absolute atomic E-state index is 0.402. The fourth-order valence-electron chi connectivity index (χ4n) is 2.05. The van der Waals surface area contributed by atoms with Crippen LogP contribution in [0.5, 0.6) is 5.75 Å². The van der Waals surface area contributed by atoms with E-state index in [1.165, 1.54) is 0 Å². The molecule has 0 aliphatic carbocycles. The zero-order valence-corrected chi connectivity index (χ0v) is 13.7. The van der Waals surface area contributed by atoms with Gasteiger partial charge >= 0.3 is 0 Å². The van der Waals surface area contributed by atoms with E-state index in [2.05, 4.69) is 32.6 Å². The number of hydrogen-bond donors (Lipinski definition) is 1. The van der Waals surface area contributed by atoms with Crippen molar-refractivity contribution in [2.75, 3.05) is 19.7 Å². The Kier molecular flexibility index (Phi) is 6.96. The topological polar surface area (TPSA) is 38.5 Å². The third-order valence-corrected chi connectivity index (χ3v) is 3.33. The second kappa shape index (κ2) is 8.22. The quantitative estimate of drug-likeness (QED) is 0.748. The first-order chi connectivity index (χ1) is 9.40. The molecule has 0 bridgehead atoms. The van der Waals surface area contributed by atoms with E-state index in [4.69, 9.17) is 22.7 Å². The Morgan fingerprint density at radius 2 is 2.00 bits per heavy atom. The largest absolute Gasteiger partial charge is 0.492 e. The summed E-state index contributed by atoms with van der Waals surface area (Å²) < 4.78 is 5.80. The number of nitrogens with zero attached hydrogens (tertiary/aromatic N) is 1. The van der Waals surface area contributed by atoms with Crippen molar-refractivity contribution >= 4 is 17.2 Å². The lowest BCUT2D eigenvalue weighted by Gasteiger charge is -2.28. The maximum Gasteiger partial charge on any atom is 0.120 e. The number of nitrogens with two attached hydrogens (primary N) is 1. The van der Waals surface area contributed by atoms with Crippen LogP contribution >= 0.6 is 12.2 Å². The summed E-state index contributed by atoms with van der Waals surface area (Å²) in [6, 6.07) is 8.17. The Balaban J connectivity index is 2.50. The molecule has 0 heterocycles. The Morgan fingerprint density at radius 1 is 1.30 bits per heavy atom. The van der Waals surface area contributed by atoms with Crippen LogP contribution in [0.4, 0.5) is 0 Å². The summed E-state index contributed by atoms with van der Waals surface area (Å²) in [6.07, 6.45) is 0. The van der Waals surface area contributed by atoms with E-state index in [0.29, 0.717) is 23.6 Å². The van der Waals surface area contributed by atoms with Gasteiger partial charge in [0.15, 0.2) is 0 Å². The van der Waals surface area contributed by atoms with E-state index < -0.39 is 0 Å². The van der Waals surface area contributed by atoms with Crippen LogP contribution in [0.3, 0.4) is 0 Å². The molecule has 0 aromatic heterocycles. The van der Waals surface area contributed by atoms with Gasteiger partial charge in [-0.15, -0.1) is 0 Å². The van der Waals surface area contributed by atoms with Crippen LogP contribution in [-0.4, -0.2) is 35.6 Å². The van der Waals surface area contributed by atoms with Crippen molar-refractivity contribution in [3.63, 3.8) is 0 Å². The second-order valence-electron chi connectivity index (χ2n) is 5.72. The van der Waals surface area contributed by atoms with E-state index >= 15 is 0 Å². The van der Waals surface area contributed by atoms with Crippen LogP contribution in [0.1, 0.15) is 33.3 Å². The predicted octanol–water partition coefficient (Wildman–Crippen LogP) is 3.07. The van der Waals surface area contributed by atoms with E-state index in [0.717, 1.165) is 24.4 Å². The molecule has 3 nitrogen and oxygen atoms in total. The third kappa shape index (κ3) is 5.88. The van der Waals surface area contributed by atoms with Crippen molar-refractivity contribution in [3.05, 3.63) is 29.8 Å². The summed E-state index contributed by atoms with van der Waals surface area (Å²) >= 11 is 4.97. The van der Waals surface area contributed by atoms with Crippen molar-refractivity contribution in [2.24, 2.45) is 11.7 Å². The van der Waals surface area contributed by atoms with Gasteiger partial charge in [-0.2, -0.15) is 0 Å². The molecule has 0 saturated heterocycles. The van der Waals surface area contributed by atoms with Gasteiger partial charge in [0.05, 0.1) is 0 Å². The van der Waals surface area contributed by atoms with Gasteiger partial charge < -0.3 is 10.5 Å². The fourth-order valence-corrected chi connectivity index (χ4v) is 2.18. The van der Waals surface area contributed by atoms with Crippen LogP contribution in [0.25, 0.3) is 0 Å². The predicted molar refractivity (Wildman–Crippen MR) is 89.4 cm³/mol. The Hall–Kier alpha value is -1.13. The molecule has 112 valence electrons. The van der Waals surface area contributed by atoms with Crippen LogP contribution in [0.2, 0.25) is 0 Å². The summed E-state index contributed by atoms with van der Waals surface area (Å²) in [5.41, 5.74) is 6.47. The molecule has 0 saturated carbocycles. The van der Waals surface area contributed by atoms with Crippen LogP contribution in [-0.2, 0) is 0 Å². The van der Waals surface area contributed by atoms with Gasteiger partial charge in [0.1, 0.15) is 17.3 Å². The molecule has 1 aromatic carbocycles. The van der Waals surface area contributed by atoms with Gasteiger partial charge in [0.25, 0.3) is 0 Å². The standard InChI is InChI=1S/C16H26N2OS/c1-12(2)11-18(13(3)4)8-9-19-15-7-5-6-14(10-15)16(17)20/h5-7,10,12-13H,8-9,11H2,1-4H3,(H2,17,20). The molecule has 1 rings (SSSR count). The monoisotopic (exact) mass is 294 g/mol. The lowest BCUT2D eigenvalue weighted by atomic mass is 10.2. The lowest BCUT2D eigenvalue weighted by Crippen LogP contribution is -2.37. The average Bonchev–Trinajstić information content (AvgIpc) is 2.37. The number of thiocarbonyl (C=S) groups is 1. The van der Waals surface area contributed by atoms with Gasteiger partial charge in [0, 0.05) is 24.7 Å². The summed E-state index contributed by atoms with van der Waals surface area (Å²) in [4.78, 5) is 2.83. The lowest BCUT2D eigenvalue weighted by molar-refractivity contribution is 0.160. The van der Waals surface area contributed by atoms with Gasteiger partial charge in [-0.05, 0) is 31.9 Å². The van der Waals surface area contributed by atoms with Crippen LogP contribution < -0.4 is 10.5 Å². The molecule has 0 unspecified atom stereocenters. The summed E-state index contributed by atoms with van der Waals surface area (Å²) in [6.45, 7) is 11.6. The zero-order chi connectivity index (χ0) is 15.1. The van der Waals surface area contributed by atoms with Gasteiger partial charge in [0.2, 0.25) is 0 Å². The van der Waals surface area contributed by atoms with Crippen LogP contribution in [0.15, 0.2) is 24.3 Å². The first-order valence-electron chi connectivity index (χ1n) is 7.17. The second-order valence-corrected chi connectivity index (χ2v) is 6.16. The van der Waals surface area contributed by atoms with E-state index in [1.54, 1.807) is 0 Å². The smallest absolute Gasteiger partial charge is 0.120 e. The SMILES string of the molecule is CC(C)CN(CCOc1cccc(C(N)=S)c1)C(C)C. The Bertz CT molecular complexity index is 432. The molecular weight excluding hydrogens is 268 g/mol. The molecule has 0 amide bonds. The maximum atomic E-state index is 5.80. The third-order valence-electron chi connectivity index (χ3n) is 3.10. The van der Waals surface area contributed by atoms with Gasteiger partial charge in [-0.25, -0.2) is 0 Å². The first-order valence-corrected chi connectivity index (χ1v) is 7.57. The van der Waals surface area contributed by atoms with Crippen molar-refractivity contribution in [1.29, 1.82) is 0 Å². The van der Waals surface area contributed by atoms with Crippen LogP contribution in [0, 0.1) is 5.92 Å². The van der Waals surface area contributed by atoms with Crippen molar-refractivity contribution in [1.82, 2.24) is 4.90 Å². The molecule has 20 heavy (non-hydrogen) atoms. The zero-order valence-electron chi connectivity index (χ0n) is 12.9. The average molecular weight is 294 g/mol. The molecule has 2 N–H and O–H groups in total. The fraction of sp³-hybridized carbons (Fsp3) is 0.562. The molecule has 0 spiro atoms. The molecule has 0 aliphatic heterocycles. The highest BCUT2D eigenvalue weighted by molar-refractivity contribution is 7.80. The minimum Gasteiger partial charge on any atom is -0.492 e. The van der Waals surface area contributed by atoms with E-state index in [1.807, 2.05) is 24.3 Å². The molecular formula is C16H26N2OS. The van der Waals surface area contributed by atoms with Crippen molar-refractivity contribution in [2.45, 2.75) is 33.7 Å². The normalized spacial score (nSPS) is 11.3. The summed E-state index contributed by atoms with van der Waals surface area (Å²) in [5, 5.41) is 0. The maximum absolute atomic E-state index is 5.80. The summed E-state index contributed by atoms with van der Waals surface area (Å²) in [7, 11) is 0. The van der Waals surface area contributed by atoms with E-state index in [9.17, 15) is 0 Å². The van der Waals surface area contributed by atoms with Crippen molar-refractivity contribution < 1.29 is 4.74 Å². The molecule has 1 aromatic rings. The highest BCUT2D eigenvalue weighted by Gasteiger charge is 2.11. The molecule has 0 aliphatic rings. The van der Waals surface area contributed by atoms with Crippen molar-refractivity contribution in [3.8, 4) is 5.75 Å². The summed E-state index contributed by atoms with van der Waals surface area (Å²) in [5.74, 6) is 1.49.